The molecule has 0 fully saturated rings. The lowest BCUT2D eigenvalue weighted by molar-refractivity contribution is 0.584. The minimum absolute atomic E-state index is 0.314. The molecule has 0 aliphatic heterocycles. The molecule has 3 N–H and O–H groups in total. The molecule has 0 aliphatic rings. The quantitative estimate of drug-likeness (QED) is 0.880. The van der Waals surface area contributed by atoms with Crippen molar-refractivity contribution in [2.45, 2.75) is 17.3 Å². The molecule has 7 heteroatoms. The van der Waals surface area contributed by atoms with Crippen LogP contribution in [0.25, 0.3) is 0 Å². The first-order valence-electron chi connectivity index (χ1n) is 4.92. The molecule has 0 saturated carbocycles. The maximum Gasteiger partial charge on any atom is 0.250 e. The molecule has 0 amide bonds. The number of hydrogen-bond acceptors (Lipinski definition) is 5. The third-order valence-corrected chi connectivity index (χ3v) is 6.00. The molecule has 4 nitrogen and oxygen atoms in total. The van der Waals surface area contributed by atoms with E-state index < -0.39 is 10.0 Å². The Balaban J connectivity index is 2.08. The van der Waals surface area contributed by atoms with Crippen molar-refractivity contribution in [3.05, 3.63) is 39.4 Å². The first-order chi connectivity index (χ1) is 8.12. The molecule has 0 unspecified atom stereocenters. The number of sulfonamides is 1. The van der Waals surface area contributed by atoms with E-state index in [1.807, 2.05) is 17.5 Å². The molecule has 0 atom stereocenters. The van der Waals surface area contributed by atoms with Gasteiger partial charge in [-0.05, 0) is 23.6 Å². The van der Waals surface area contributed by atoms with Gasteiger partial charge in [-0.1, -0.05) is 6.07 Å². The van der Waals surface area contributed by atoms with Crippen molar-refractivity contribution in [3.63, 3.8) is 0 Å². The zero-order valence-corrected chi connectivity index (χ0v) is 11.4. The highest BCUT2D eigenvalue weighted by atomic mass is 32.2. The molecular formula is C10H12N2O2S3. The van der Waals surface area contributed by atoms with Crippen molar-refractivity contribution in [2.24, 2.45) is 5.73 Å². The van der Waals surface area contributed by atoms with Crippen LogP contribution >= 0.6 is 22.7 Å². The summed E-state index contributed by atoms with van der Waals surface area (Å²) in [7, 11) is -3.41. The van der Waals surface area contributed by atoms with Crippen LogP contribution in [0.15, 0.2) is 33.9 Å². The van der Waals surface area contributed by atoms with Gasteiger partial charge in [-0.3, -0.25) is 0 Å². The number of hydrogen-bond donors (Lipinski definition) is 2. The molecule has 17 heavy (non-hydrogen) atoms. The van der Waals surface area contributed by atoms with Crippen molar-refractivity contribution in [2.75, 3.05) is 0 Å². The minimum Gasteiger partial charge on any atom is -0.326 e. The van der Waals surface area contributed by atoms with Gasteiger partial charge in [0.2, 0.25) is 10.0 Å². The highest BCUT2D eigenvalue weighted by Gasteiger charge is 2.16. The van der Waals surface area contributed by atoms with E-state index in [0.717, 1.165) is 9.75 Å². The molecule has 2 rings (SSSR count). The first kappa shape index (κ1) is 12.7. The second kappa shape index (κ2) is 5.28. The lowest BCUT2D eigenvalue weighted by Gasteiger charge is -2.02. The van der Waals surface area contributed by atoms with Crippen LogP contribution in [0.3, 0.4) is 0 Å². The monoisotopic (exact) mass is 288 g/mol. The fourth-order valence-electron chi connectivity index (χ4n) is 1.26. The van der Waals surface area contributed by atoms with Crippen LogP contribution in [-0.2, 0) is 23.1 Å². The number of nitrogens with two attached hydrogens (primary N) is 1. The van der Waals surface area contributed by atoms with E-state index in [1.165, 1.54) is 22.7 Å². The average molecular weight is 288 g/mol. The normalized spacial score (nSPS) is 11.8. The predicted octanol–water partition coefficient (Wildman–Crippen LogP) is 1.75. The lowest BCUT2D eigenvalue weighted by Crippen LogP contribution is -2.21. The Bertz CT molecular complexity index is 572. The zero-order valence-electron chi connectivity index (χ0n) is 8.92. The van der Waals surface area contributed by atoms with Crippen LogP contribution in [0.5, 0.6) is 0 Å². The standard InChI is InChI=1S/C10H12N2O2S3/c11-6-8-3-4-10(16-8)17(13,14)12-7-9-2-1-5-15-9/h1-5,12H,6-7,11H2. The van der Waals surface area contributed by atoms with E-state index in [0.29, 0.717) is 17.3 Å². The van der Waals surface area contributed by atoms with Crippen molar-refractivity contribution in [1.82, 2.24) is 4.72 Å². The molecule has 92 valence electrons. The van der Waals surface area contributed by atoms with E-state index in [-0.39, 0.29) is 0 Å². The minimum atomic E-state index is -3.41. The molecule has 0 aliphatic carbocycles. The topological polar surface area (TPSA) is 72.2 Å². The van der Waals surface area contributed by atoms with Crippen LogP contribution in [0.1, 0.15) is 9.75 Å². The average Bonchev–Trinajstić information content (AvgIpc) is 2.98. The summed E-state index contributed by atoms with van der Waals surface area (Å²) >= 11 is 2.73. The third kappa shape index (κ3) is 3.14. The maximum absolute atomic E-state index is 11.9. The van der Waals surface area contributed by atoms with Gasteiger partial charge in [0.25, 0.3) is 0 Å². The van der Waals surface area contributed by atoms with Crippen molar-refractivity contribution >= 4 is 32.7 Å². The molecule has 0 spiro atoms. The van der Waals surface area contributed by atoms with Crippen LogP contribution in [-0.4, -0.2) is 8.42 Å². The Labute approximate surface area is 108 Å². The van der Waals surface area contributed by atoms with E-state index in [1.54, 1.807) is 12.1 Å². The summed E-state index contributed by atoms with van der Waals surface area (Å²) in [6.45, 7) is 0.695. The van der Waals surface area contributed by atoms with Gasteiger partial charge in [0.05, 0.1) is 0 Å². The van der Waals surface area contributed by atoms with E-state index in [4.69, 9.17) is 5.73 Å². The Morgan fingerprint density at radius 1 is 1.24 bits per heavy atom. The number of thiophene rings is 2. The third-order valence-electron chi connectivity index (χ3n) is 2.12. The summed E-state index contributed by atoms with van der Waals surface area (Å²) in [5, 5.41) is 1.92. The summed E-state index contributed by atoms with van der Waals surface area (Å²) in [4.78, 5) is 1.85. The largest absolute Gasteiger partial charge is 0.326 e. The van der Waals surface area contributed by atoms with Crippen LogP contribution < -0.4 is 10.5 Å². The van der Waals surface area contributed by atoms with Gasteiger partial charge < -0.3 is 5.73 Å². The van der Waals surface area contributed by atoms with E-state index >= 15 is 0 Å². The second-order valence-electron chi connectivity index (χ2n) is 3.33. The van der Waals surface area contributed by atoms with Gasteiger partial charge in [0.1, 0.15) is 4.21 Å². The van der Waals surface area contributed by atoms with E-state index in [9.17, 15) is 8.42 Å². The highest BCUT2D eigenvalue weighted by Crippen LogP contribution is 2.21. The summed E-state index contributed by atoms with van der Waals surface area (Å²) < 4.78 is 26.7. The van der Waals surface area contributed by atoms with Crippen molar-refractivity contribution in [3.8, 4) is 0 Å². The molecule has 2 heterocycles. The van der Waals surface area contributed by atoms with Crippen LogP contribution in [0.4, 0.5) is 0 Å². The molecule has 0 saturated heterocycles. The summed E-state index contributed by atoms with van der Waals surface area (Å²) in [5.74, 6) is 0. The SMILES string of the molecule is NCc1ccc(S(=O)(=O)NCc2cccs2)s1. The summed E-state index contributed by atoms with van der Waals surface area (Å²) in [6, 6.07) is 7.12. The fourth-order valence-corrected chi connectivity index (χ4v) is 4.28. The Morgan fingerprint density at radius 3 is 2.65 bits per heavy atom. The first-order valence-corrected chi connectivity index (χ1v) is 8.10. The maximum atomic E-state index is 11.9. The van der Waals surface area contributed by atoms with Gasteiger partial charge in [-0.2, -0.15) is 0 Å². The second-order valence-corrected chi connectivity index (χ2v) is 7.52. The van der Waals surface area contributed by atoms with Gasteiger partial charge >= 0.3 is 0 Å². The summed E-state index contributed by atoms with van der Waals surface area (Å²) in [6.07, 6.45) is 0. The smallest absolute Gasteiger partial charge is 0.250 e. The van der Waals surface area contributed by atoms with Crippen LogP contribution in [0.2, 0.25) is 0 Å². The number of nitrogens with one attached hydrogen (secondary N) is 1. The predicted molar refractivity (Wildman–Crippen MR) is 70.6 cm³/mol. The van der Waals surface area contributed by atoms with Gasteiger partial charge in [-0.25, -0.2) is 13.1 Å². The van der Waals surface area contributed by atoms with Gasteiger partial charge in [-0.15, -0.1) is 22.7 Å². The molecule has 0 radical (unpaired) electrons. The lowest BCUT2D eigenvalue weighted by atomic mass is 10.5. The van der Waals surface area contributed by atoms with E-state index in [2.05, 4.69) is 4.72 Å². The number of rotatable bonds is 5. The Hall–Kier alpha value is -0.730. The molecule has 0 aromatic carbocycles. The Morgan fingerprint density at radius 2 is 2.06 bits per heavy atom. The van der Waals surface area contributed by atoms with Gasteiger partial charge in [0.15, 0.2) is 0 Å². The highest BCUT2D eigenvalue weighted by molar-refractivity contribution is 7.91. The zero-order chi connectivity index (χ0) is 12.3. The molecule has 0 bridgehead atoms. The van der Waals surface area contributed by atoms with Crippen molar-refractivity contribution in [1.29, 1.82) is 0 Å². The van der Waals surface area contributed by atoms with Crippen molar-refractivity contribution < 1.29 is 8.42 Å². The Kier molecular flexibility index (Phi) is 3.95. The van der Waals surface area contributed by atoms with Crippen LogP contribution in [0, 0.1) is 0 Å². The molecular weight excluding hydrogens is 276 g/mol. The summed E-state index contributed by atoms with van der Waals surface area (Å²) in [5.41, 5.74) is 5.45. The molecule has 2 aromatic rings. The van der Waals surface area contributed by atoms with Gasteiger partial charge in [0, 0.05) is 22.8 Å². The fraction of sp³-hybridized carbons (Fsp3) is 0.200. The molecule has 2 aromatic heterocycles.